The quantitative estimate of drug-likeness (QED) is 0.831. The number of ether oxygens (including phenoxy) is 1. The standard InChI is InChI=1S/C12H18N2O2S/c1-16-9-12(5-3-6-14-12)8-13-11(15)10-4-2-7-17-10/h2,4,7,14H,3,5-6,8-9H2,1H3,(H,13,15). The number of nitrogens with one attached hydrogen (secondary N) is 2. The van der Waals surface area contributed by atoms with Crippen LogP contribution in [-0.4, -0.2) is 38.3 Å². The van der Waals surface area contributed by atoms with Crippen LogP contribution in [0.25, 0.3) is 0 Å². The predicted octanol–water partition coefficient (Wildman–Crippen LogP) is 1.25. The molecule has 0 aromatic carbocycles. The van der Waals surface area contributed by atoms with Crippen LogP contribution in [-0.2, 0) is 4.74 Å². The van der Waals surface area contributed by atoms with Crippen molar-refractivity contribution >= 4 is 17.2 Å². The van der Waals surface area contributed by atoms with Crippen LogP contribution in [0.2, 0.25) is 0 Å². The maximum atomic E-state index is 11.8. The van der Waals surface area contributed by atoms with E-state index in [9.17, 15) is 4.79 Å². The molecule has 1 fully saturated rings. The molecule has 1 atom stereocenters. The van der Waals surface area contributed by atoms with E-state index in [2.05, 4.69) is 10.6 Å². The summed E-state index contributed by atoms with van der Waals surface area (Å²) >= 11 is 1.46. The number of amides is 1. The molecule has 1 saturated heterocycles. The van der Waals surface area contributed by atoms with Crippen molar-refractivity contribution in [3.05, 3.63) is 22.4 Å². The first-order valence-electron chi connectivity index (χ1n) is 5.81. The van der Waals surface area contributed by atoms with E-state index in [1.807, 2.05) is 17.5 Å². The molecule has 94 valence electrons. The van der Waals surface area contributed by atoms with Gasteiger partial charge in [-0.25, -0.2) is 0 Å². The van der Waals surface area contributed by atoms with Gasteiger partial charge in [0.05, 0.1) is 17.0 Å². The maximum absolute atomic E-state index is 11.8. The number of carbonyl (C=O) groups is 1. The molecule has 0 bridgehead atoms. The average molecular weight is 254 g/mol. The van der Waals surface area contributed by atoms with Crippen molar-refractivity contribution in [2.24, 2.45) is 0 Å². The molecule has 0 aliphatic carbocycles. The Bertz CT molecular complexity index is 359. The molecule has 1 aliphatic heterocycles. The number of methoxy groups -OCH3 is 1. The van der Waals surface area contributed by atoms with Crippen molar-refractivity contribution < 1.29 is 9.53 Å². The third-order valence-electron chi connectivity index (χ3n) is 3.09. The van der Waals surface area contributed by atoms with Crippen LogP contribution in [0.3, 0.4) is 0 Å². The first kappa shape index (κ1) is 12.5. The summed E-state index contributed by atoms with van der Waals surface area (Å²) in [6.45, 7) is 2.26. The average Bonchev–Trinajstić information content (AvgIpc) is 2.98. The molecule has 2 rings (SSSR count). The van der Waals surface area contributed by atoms with Gasteiger partial charge in [-0.3, -0.25) is 4.79 Å². The van der Waals surface area contributed by atoms with Crippen molar-refractivity contribution in [1.82, 2.24) is 10.6 Å². The summed E-state index contributed by atoms with van der Waals surface area (Å²) in [5.41, 5.74) is -0.0817. The van der Waals surface area contributed by atoms with Crippen LogP contribution < -0.4 is 10.6 Å². The van der Waals surface area contributed by atoms with Gasteiger partial charge >= 0.3 is 0 Å². The van der Waals surface area contributed by atoms with Crippen LogP contribution in [0.4, 0.5) is 0 Å². The minimum absolute atomic E-state index is 0.00387. The molecular weight excluding hydrogens is 236 g/mol. The molecule has 1 amide bonds. The normalized spacial score (nSPS) is 23.8. The molecular formula is C12H18N2O2S. The van der Waals surface area contributed by atoms with E-state index in [-0.39, 0.29) is 11.4 Å². The monoisotopic (exact) mass is 254 g/mol. The zero-order valence-corrected chi connectivity index (χ0v) is 10.8. The van der Waals surface area contributed by atoms with Gasteiger partial charge in [0.1, 0.15) is 0 Å². The van der Waals surface area contributed by atoms with E-state index in [0.717, 1.165) is 24.3 Å². The fourth-order valence-electron chi connectivity index (χ4n) is 2.21. The Hall–Kier alpha value is -0.910. The second-order valence-corrected chi connectivity index (χ2v) is 5.35. The number of thiophene rings is 1. The van der Waals surface area contributed by atoms with Crippen molar-refractivity contribution in [3.8, 4) is 0 Å². The predicted molar refractivity (Wildman–Crippen MR) is 68.5 cm³/mol. The number of carbonyl (C=O) groups excluding carboxylic acids is 1. The molecule has 1 aromatic rings. The summed E-state index contributed by atoms with van der Waals surface area (Å²) in [7, 11) is 1.70. The van der Waals surface area contributed by atoms with Crippen LogP contribution in [0.15, 0.2) is 17.5 Å². The SMILES string of the molecule is COCC1(CNC(=O)c2cccs2)CCCN1. The van der Waals surface area contributed by atoms with Crippen LogP contribution >= 0.6 is 11.3 Å². The lowest BCUT2D eigenvalue weighted by molar-refractivity contribution is 0.0896. The first-order valence-corrected chi connectivity index (χ1v) is 6.69. The minimum atomic E-state index is -0.0817. The molecule has 0 spiro atoms. The van der Waals surface area contributed by atoms with Gasteiger partial charge in [0, 0.05) is 13.7 Å². The minimum Gasteiger partial charge on any atom is -0.383 e. The van der Waals surface area contributed by atoms with Crippen molar-refractivity contribution in [2.75, 3.05) is 26.8 Å². The van der Waals surface area contributed by atoms with Crippen LogP contribution in [0.1, 0.15) is 22.5 Å². The summed E-state index contributed by atoms with van der Waals surface area (Å²) in [4.78, 5) is 12.6. The Kier molecular flexibility index (Phi) is 4.15. The van der Waals surface area contributed by atoms with E-state index in [1.54, 1.807) is 7.11 Å². The van der Waals surface area contributed by atoms with Crippen molar-refractivity contribution in [1.29, 1.82) is 0 Å². The summed E-state index contributed by atoms with van der Waals surface area (Å²) in [5, 5.41) is 8.33. The smallest absolute Gasteiger partial charge is 0.261 e. The third kappa shape index (κ3) is 3.06. The summed E-state index contributed by atoms with van der Waals surface area (Å²) < 4.78 is 5.24. The van der Waals surface area contributed by atoms with Crippen molar-refractivity contribution in [2.45, 2.75) is 18.4 Å². The Balaban J connectivity index is 1.89. The molecule has 2 N–H and O–H groups in total. The van der Waals surface area contributed by atoms with E-state index in [0.29, 0.717) is 13.2 Å². The lowest BCUT2D eigenvalue weighted by atomic mass is 9.98. The molecule has 5 heteroatoms. The molecule has 17 heavy (non-hydrogen) atoms. The fraction of sp³-hybridized carbons (Fsp3) is 0.583. The summed E-state index contributed by atoms with van der Waals surface area (Å²) in [6.07, 6.45) is 2.18. The largest absolute Gasteiger partial charge is 0.383 e. The highest BCUT2D eigenvalue weighted by molar-refractivity contribution is 7.12. The number of hydrogen-bond acceptors (Lipinski definition) is 4. The van der Waals surface area contributed by atoms with E-state index in [4.69, 9.17) is 4.74 Å². The van der Waals surface area contributed by atoms with E-state index >= 15 is 0 Å². The maximum Gasteiger partial charge on any atom is 0.261 e. The Morgan fingerprint density at radius 3 is 3.18 bits per heavy atom. The van der Waals surface area contributed by atoms with Gasteiger partial charge in [-0.1, -0.05) is 6.07 Å². The highest BCUT2D eigenvalue weighted by atomic mass is 32.1. The van der Waals surface area contributed by atoms with E-state index in [1.165, 1.54) is 11.3 Å². The van der Waals surface area contributed by atoms with E-state index < -0.39 is 0 Å². The van der Waals surface area contributed by atoms with Crippen molar-refractivity contribution in [3.63, 3.8) is 0 Å². The Morgan fingerprint density at radius 2 is 2.59 bits per heavy atom. The van der Waals surface area contributed by atoms with Gasteiger partial charge in [0.15, 0.2) is 0 Å². The molecule has 1 aliphatic rings. The lowest BCUT2D eigenvalue weighted by Crippen LogP contribution is -2.52. The van der Waals surface area contributed by atoms with Crippen LogP contribution in [0, 0.1) is 0 Å². The Labute approximate surface area is 105 Å². The third-order valence-corrected chi connectivity index (χ3v) is 3.95. The molecule has 2 heterocycles. The number of hydrogen-bond donors (Lipinski definition) is 2. The second kappa shape index (κ2) is 5.62. The van der Waals surface area contributed by atoms with Gasteiger partial charge < -0.3 is 15.4 Å². The summed E-state index contributed by atoms with van der Waals surface area (Å²) in [5.74, 6) is 0.00387. The van der Waals surface area contributed by atoms with Gasteiger partial charge in [-0.2, -0.15) is 0 Å². The topological polar surface area (TPSA) is 50.4 Å². The second-order valence-electron chi connectivity index (χ2n) is 4.40. The number of rotatable bonds is 5. The first-order chi connectivity index (χ1) is 8.26. The molecule has 0 radical (unpaired) electrons. The highest BCUT2D eigenvalue weighted by Gasteiger charge is 2.33. The molecule has 0 saturated carbocycles. The fourth-order valence-corrected chi connectivity index (χ4v) is 2.85. The van der Waals surface area contributed by atoms with Crippen LogP contribution in [0.5, 0.6) is 0 Å². The van der Waals surface area contributed by atoms with Gasteiger partial charge in [0.2, 0.25) is 0 Å². The molecule has 4 nitrogen and oxygen atoms in total. The molecule has 1 aromatic heterocycles. The zero-order valence-electron chi connectivity index (χ0n) is 9.99. The highest BCUT2D eigenvalue weighted by Crippen LogP contribution is 2.19. The van der Waals surface area contributed by atoms with Gasteiger partial charge in [-0.15, -0.1) is 11.3 Å². The van der Waals surface area contributed by atoms with Gasteiger partial charge in [0.25, 0.3) is 5.91 Å². The zero-order chi connectivity index (χ0) is 12.1. The Morgan fingerprint density at radius 1 is 1.71 bits per heavy atom. The summed E-state index contributed by atoms with van der Waals surface area (Å²) in [6, 6.07) is 3.73. The lowest BCUT2D eigenvalue weighted by Gasteiger charge is -2.28. The molecule has 1 unspecified atom stereocenters. The van der Waals surface area contributed by atoms with Gasteiger partial charge in [-0.05, 0) is 30.8 Å².